The average molecular weight is 456 g/mol. The van der Waals surface area contributed by atoms with Crippen molar-refractivity contribution in [3.05, 3.63) is 42.5 Å². The van der Waals surface area contributed by atoms with E-state index in [0.29, 0.717) is 38.0 Å². The first-order valence-corrected chi connectivity index (χ1v) is 10.7. The largest absolute Gasteiger partial charge is 0.370 e. The number of carbonyl (C=O) groups excluding carboxylic acids is 2. The molecule has 0 bridgehead atoms. The number of anilines is 1. The maximum Gasteiger partial charge on any atom is 0.244 e. The third-order valence-electron chi connectivity index (χ3n) is 5.10. The van der Waals surface area contributed by atoms with Gasteiger partial charge >= 0.3 is 0 Å². The van der Waals surface area contributed by atoms with Crippen LogP contribution in [0.3, 0.4) is 0 Å². The standard InChI is InChI=1S/C22H33N9O2/c23-17(7-3-11-29-21(25)26)20(33)31(18(19(24)32)8-4-12-30-22(27)28)16-10-9-14-5-1-2-6-15(14)13-16/h1-2,5-6,9-10,13,17-18H,3-4,7-8,11-12,23H2,(H2,24,32)(H4,25,26,29)(H4,27,28,30)/t17-,18-/m0/s1. The number of hydrogen-bond acceptors (Lipinski definition) is 5. The van der Waals surface area contributed by atoms with Gasteiger partial charge in [-0.25, -0.2) is 0 Å². The number of fused-ring (bicyclic) bond motifs is 1. The average Bonchev–Trinajstić information content (AvgIpc) is 2.77. The van der Waals surface area contributed by atoms with E-state index in [0.717, 1.165) is 10.8 Å². The van der Waals surface area contributed by atoms with E-state index in [1.54, 1.807) is 6.07 Å². The van der Waals surface area contributed by atoms with Crippen LogP contribution in [0, 0.1) is 0 Å². The fraction of sp³-hybridized carbons (Fsp3) is 0.364. The number of hydrogen-bond donors (Lipinski definition) is 6. The molecular weight excluding hydrogens is 422 g/mol. The van der Waals surface area contributed by atoms with Crippen LogP contribution in [0.25, 0.3) is 10.8 Å². The maximum atomic E-state index is 13.4. The molecule has 0 aliphatic heterocycles. The van der Waals surface area contributed by atoms with Gasteiger partial charge in [-0.2, -0.15) is 0 Å². The summed E-state index contributed by atoms with van der Waals surface area (Å²) in [6.07, 6.45) is 1.55. The molecule has 0 aliphatic rings. The van der Waals surface area contributed by atoms with E-state index in [2.05, 4.69) is 9.98 Å². The molecule has 0 saturated heterocycles. The van der Waals surface area contributed by atoms with Crippen LogP contribution < -0.4 is 39.3 Å². The first-order valence-electron chi connectivity index (χ1n) is 10.7. The van der Waals surface area contributed by atoms with Crippen LogP contribution in [0.4, 0.5) is 5.69 Å². The monoisotopic (exact) mass is 455 g/mol. The lowest BCUT2D eigenvalue weighted by Gasteiger charge is -2.32. The zero-order chi connectivity index (χ0) is 24.4. The molecule has 2 atom stereocenters. The number of primary amides is 1. The Morgan fingerprint density at radius 2 is 1.39 bits per heavy atom. The highest BCUT2D eigenvalue weighted by Gasteiger charge is 2.32. The van der Waals surface area contributed by atoms with Gasteiger partial charge in [0.25, 0.3) is 0 Å². The van der Waals surface area contributed by atoms with E-state index in [1.807, 2.05) is 36.4 Å². The Balaban J connectivity index is 2.33. The van der Waals surface area contributed by atoms with Gasteiger partial charge in [-0.3, -0.25) is 24.5 Å². The van der Waals surface area contributed by atoms with Gasteiger partial charge in [0.05, 0.1) is 6.04 Å². The quantitative estimate of drug-likeness (QED) is 0.139. The highest BCUT2D eigenvalue weighted by molar-refractivity contribution is 6.04. The molecule has 12 N–H and O–H groups in total. The second kappa shape index (κ2) is 12.2. The minimum atomic E-state index is -0.920. The van der Waals surface area contributed by atoms with Gasteiger partial charge in [0, 0.05) is 18.8 Å². The van der Waals surface area contributed by atoms with Gasteiger partial charge in [-0.05, 0) is 48.6 Å². The summed E-state index contributed by atoms with van der Waals surface area (Å²) in [7, 11) is 0. The number of carbonyl (C=O) groups is 2. The van der Waals surface area contributed by atoms with E-state index < -0.39 is 23.9 Å². The molecular formula is C22H33N9O2. The number of nitrogens with two attached hydrogens (primary N) is 6. The van der Waals surface area contributed by atoms with Crippen molar-refractivity contribution in [3.8, 4) is 0 Å². The number of rotatable bonds is 12. The van der Waals surface area contributed by atoms with Crippen LogP contribution in [0.1, 0.15) is 25.7 Å². The van der Waals surface area contributed by atoms with Crippen molar-refractivity contribution in [2.75, 3.05) is 18.0 Å². The Morgan fingerprint density at radius 1 is 0.818 bits per heavy atom. The van der Waals surface area contributed by atoms with E-state index in [4.69, 9.17) is 34.4 Å². The molecule has 0 radical (unpaired) electrons. The highest BCUT2D eigenvalue weighted by atomic mass is 16.2. The van der Waals surface area contributed by atoms with Crippen LogP contribution in [-0.4, -0.2) is 48.9 Å². The number of aliphatic imine (C=N–C) groups is 2. The zero-order valence-corrected chi connectivity index (χ0v) is 18.6. The molecule has 33 heavy (non-hydrogen) atoms. The van der Waals surface area contributed by atoms with Crippen molar-refractivity contribution in [2.45, 2.75) is 37.8 Å². The van der Waals surface area contributed by atoms with Gasteiger partial charge in [-0.15, -0.1) is 0 Å². The van der Waals surface area contributed by atoms with Crippen LogP contribution in [0.15, 0.2) is 52.4 Å². The molecule has 11 nitrogen and oxygen atoms in total. The van der Waals surface area contributed by atoms with Crippen molar-refractivity contribution >= 4 is 40.2 Å². The highest BCUT2D eigenvalue weighted by Crippen LogP contribution is 2.26. The summed E-state index contributed by atoms with van der Waals surface area (Å²) in [5.74, 6) is -1.13. The van der Waals surface area contributed by atoms with Crippen molar-refractivity contribution in [1.82, 2.24) is 0 Å². The zero-order valence-electron chi connectivity index (χ0n) is 18.6. The molecule has 2 aromatic carbocycles. The minimum Gasteiger partial charge on any atom is -0.370 e. The Hall–Kier alpha value is -3.86. The Kier molecular flexibility index (Phi) is 9.43. The van der Waals surface area contributed by atoms with Gasteiger partial charge in [-0.1, -0.05) is 30.3 Å². The molecule has 2 rings (SSSR count). The van der Waals surface area contributed by atoms with Crippen LogP contribution in [0.5, 0.6) is 0 Å². The summed E-state index contributed by atoms with van der Waals surface area (Å²) >= 11 is 0. The van der Waals surface area contributed by atoms with Crippen molar-refractivity contribution in [1.29, 1.82) is 0 Å². The summed E-state index contributed by atoms with van der Waals surface area (Å²) in [6, 6.07) is 11.4. The summed E-state index contributed by atoms with van der Waals surface area (Å²) in [6.45, 7) is 0.646. The fourth-order valence-electron chi connectivity index (χ4n) is 3.50. The molecule has 0 saturated carbocycles. The van der Waals surface area contributed by atoms with Crippen molar-refractivity contribution in [2.24, 2.45) is 44.4 Å². The molecule has 2 amide bonds. The van der Waals surface area contributed by atoms with Crippen molar-refractivity contribution in [3.63, 3.8) is 0 Å². The first kappa shape index (κ1) is 25.4. The number of benzene rings is 2. The van der Waals surface area contributed by atoms with Crippen LogP contribution in [-0.2, 0) is 9.59 Å². The molecule has 0 spiro atoms. The molecule has 0 unspecified atom stereocenters. The second-order valence-electron chi connectivity index (χ2n) is 7.66. The third kappa shape index (κ3) is 7.65. The molecule has 0 heterocycles. The van der Waals surface area contributed by atoms with E-state index in [9.17, 15) is 9.59 Å². The summed E-state index contributed by atoms with van der Waals surface area (Å²) in [5, 5.41) is 1.91. The molecule has 0 aromatic heterocycles. The lowest BCUT2D eigenvalue weighted by Crippen LogP contribution is -2.53. The summed E-state index contributed by atoms with van der Waals surface area (Å²) < 4.78 is 0. The summed E-state index contributed by atoms with van der Waals surface area (Å²) in [5.41, 5.74) is 33.9. The Morgan fingerprint density at radius 3 is 1.97 bits per heavy atom. The maximum absolute atomic E-state index is 13.4. The second-order valence-corrected chi connectivity index (χ2v) is 7.66. The summed E-state index contributed by atoms with van der Waals surface area (Å²) in [4.78, 5) is 35.1. The van der Waals surface area contributed by atoms with E-state index in [-0.39, 0.29) is 18.3 Å². The van der Waals surface area contributed by atoms with Crippen LogP contribution in [0.2, 0.25) is 0 Å². The Labute approximate surface area is 192 Å². The smallest absolute Gasteiger partial charge is 0.244 e. The van der Waals surface area contributed by atoms with E-state index >= 15 is 0 Å². The predicted octanol–water partition coefficient (Wildman–Crippen LogP) is -0.539. The lowest BCUT2D eigenvalue weighted by atomic mass is 10.0. The molecule has 0 aliphatic carbocycles. The van der Waals surface area contributed by atoms with Gasteiger partial charge in [0.2, 0.25) is 11.8 Å². The van der Waals surface area contributed by atoms with Crippen molar-refractivity contribution < 1.29 is 9.59 Å². The number of nitrogens with zero attached hydrogens (tertiary/aromatic N) is 3. The SMILES string of the molecule is NC(=O)[C@H](CCCN=C(N)N)N(C(=O)[C@@H](N)CCCN=C(N)N)c1ccc2ccccc2c1. The number of guanidine groups is 2. The topological polar surface area (TPSA) is 218 Å². The Bertz CT molecular complexity index is 1010. The molecule has 178 valence electrons. The normalized spacial score (nSPS) is 12.5. The number of amides is 2. The molecule has 0 fully saturated rings. The molecule has 11 heteroatoms. The first-order chi connectivity index (χ1) is 15.7. The minimum absolute atomic E-state index is 0.0257. The van der Waals surface area contributed by atoms with E-state index in [1.165, 1.54) is 4.90 Å². The fourth-order valence-corrected chi connectivity index (χ4v) is 3.50. The van der Waals surface area contributed by atoms with Gasteiger partial charge < -0.3 is 34.4 Å². The van der Waals surface area contributed by atoms with Gasteiger partial charge in [0.1, 0.15) is 6.04 Å². The molecule has 2 aromatic rings. The predicted molar refractivity (Wildman–Crippen MR) is 132 cm³/mol. The van der Waals surface area contributed by atoms with Gasteiger partial charge in [0.15, 0.2) is 11.9 Å². The third-order valence-corrected chi connectivity index (χ3v) is 5.10. The van der Waals surface area contributed by atoms with Crippen LogP contribution >= 0.6 is 0 Å². The lowest BCUT2D eigenvalue weighted by molar-refractivity contribution is -0.125.